The first kappa shape index (κ1) is 14.4. The first-order valence-electron chi connectivity index (χ1n) is 7.80. The van der Waals surface area contributed by atoms with Gasteiger partial charge in [0.1, 0.15) is 0 Å². The molecule has 0 unspecified atom stereocenters. The molecule has 1 fully saturated rings. The van der Waals surface area contributed by atoms with Gasteiger partial charge in [0.15, 0.2) is 5.96 Å². The molecule has 1 heterocycles. The molecule has 0 aromatic carbocycles. The number of aliphatic imine (C=N–C) groups is 1. The molecule has 0 atom stereocenters. The van der Waals surface area contributed by atoms with E-state index in [9.17, 15) is 0 Å². The maximum Gasteiger partial charge on any atom is 0.191 e. The minimum absolute atomic E-state index is 0.535. The molecule has 4 nitrogen and oxygen atoms in total. The van der Waals surface area contributed by atoms with Gasteiger partial charge in [-0.15, -0.1) is 0 Å². The summed E-state index contributed by atoms with van der Waals surface area (Å²) in [5, 5.41) is 6.85. The Morgan fingerprint density at radius 2 is 1.95 bits per heavy atom. The summed E-state index contributed by atoms with van der Waals surface area (Å²) in [6.07, 6.45) is 10.8. The van der Waals surface area contributed by atoms with Crippen molar-refractivity contribution in [3.05, 3.63) is 12.2 Å². The van der Waals surface area contributed by atoms with Crippen LogP contribution in [0.5, 0.6) is 0 Å². The molecule has 1 aliphatic carbocycles. The fraction of sp³-hybridized carbons (Fsp3) is 0.800. The van der Waals surface area contributed by atoms with Gasteiger partial charge in [-0.3, -0.25) is 4.99 Å². The standard InChI is InChI=1S/C15H28N4/c1-2-16-15(18-14-8-4-5-9-14)17-10-13-19-11-6-3-7-12-19/h4-5,14H,2-3,6-13H2,1H3,(H2,16,17,18). The Labute approximate surface area is 117 Å². The number of nitrogens with zero attached hydrogens (tertiary/aromatic N) is 2. The quantitative estimate of drug-likeness (QED) is 0.451. The summed E-state index contributed by atoms with van der Waals surface area (Å²) in [6.45, 7) is 7.55. The first-order valence-corrected chi connectivity index (χ1v) is 7.80. The molecule has 0 aromatic rings. The van der Waals surface area contributed by atoms with E-state index in [4.69, 9.17) is 4.99 Å². The third-order valence-corrected chi connectivity index (χ3v) is 3.83. The Bertz CT molecular complexity index is 297. The van der Waals surface area contributed by atoms with Crippen molar-refractivity contribution in [2.24, 2.45) is 4.99 Å². The number of guanidine groups is 1. The van der Waals surface area contributed by atoms with E-state index in [-0.39, 0.29) is 0 Å². The molecule has 2 rings (SSSR count). The lowest BCUT2D eigenvalue weighted by Gasteiger charge is -2.25. The molecule has 0 bridgehead atoms. The second-order valence-electron chi connectivity index (χ2n) is 5.45. The lowest BCUT2D eigenvalue weighted by molar-refractivity contribution is 0.235. The van der Waals surface area contributed by atoms with Crippen LogP contribution in [0, 0.1) is 0 Å². The van der Waals surface area contributed by atoms with E-state index in [1.807, 2.05) is 0 Å². The van der Waals surface area contributed by atoms with Crippen LogP contribution in [-0.4, -0.2) is 49.6 Å². The molecule has 0 amide bonds. The molecule has 0 saturated carbocycles. The molecule has 108 valence electrons. The fourth-order valence-corrected chi connectivity index (χ4v) is 2.73. The monoisotopic (exact) mass is 264 g/mol. The topological polar surface area (TPSA) is 39.7 Å². The van der Waals surface area contributed by atoms with E-state index in [1.165, 1.54) is 32.4 Å². The molecule has 0 radical (unpaired) electrons. The Kier molecular flexibility index (Phi) is 6.21. The van der Waals surface area contributed by atoms with Gasteiger partial charge in [-0.2, -0.15) is 0 Å². The largest absolute Gasteiger partial charge is 0.357 e. The Balaban J connectivity index is 1.71. The van der Waals surface area contributed by atoms with E-state index in [0.717, 1.165) is 38.4 Å². The first-order chi connectivity index (χ1) is 9.38. The van der Waals surface area contributed by atoms with Crippen molar-refractivity contribution < 1.29 is 0 Å². The zero-order valence-electron chi connectivity index (χ0n) is 12.2. The van der Waals surface area contributed by atoms with Crippen molar-refractivity contribution in [2.45, 2.75) is 45.1 Å². The van der Waals surface area contributed by atoms with Gasteiger partial charge in [0.05, 0.1) is 6.54 Å². The van der Waals surface area contributed by atoms with Gasteiger partial charge in [0, 0.05) is 19.1 Å². The van der Waals surface area contributed by atoms with Gasteiger partial charge < -0.3 is 15.5 Å². The molecule has 1 aliphatic heterocycles. The molecule has 2 aliphatic rings. The molecule has 4 heteroatoms. The van der Waals surface area contributed by atoms with E-state index < -0.39 is 0 Å². The lowest BCUT2D eigenvalue weighted by atomic mass is 10.1. The van der Waals surface area contributed by atoms with Crippen LogP contribution in [0.3, 0.4) is 0 Å². The van der Waals surface area contributed by atoms with Crippen molar-refractivity contribution in [3.63, 3.8) is 0 Å². The predicted octanol–water partition coefficient (Wildman–Crippen LogP) is 1.75. The highest BCUT2D eigenvalue weighted by Crippen LogP contribution is 2.09. The number of hydrogen-bond donors (Lipinski definition) is 2. The highest BCUT2D eigenvalue weighted by Gasteiger charge is 2.12. The van der Waals surface area contributed by atoms with Gasteiger partial charge >= 0.3 is 0 Å². The minimum atomic E-state index is 0.535. The van der Waals surface area contributed by atoms with E-state index in [1.54, 1.807) is 0 Å². The van der Waals surface area contributed by atoms with E-state index in [0.29, 0.717) is 6.04 Å². The lowest BCUT2D eigenvalue weighted by Crippen LogP contribution is -2.43. The zero-order valence-corrected chi connectivity index (χ0v) is 12.2. The predicted molar refractivity (Wildman–Crippen MR) is 81.6 cm³/mol. The number of rotatable bonds is 5. The highest BCUT2D eigenvalue weighted by atomic mass is 15.2. The van der Waals surface area contributed by atoms with Crippen molar-refractivity contribution in [2.75, 3.05) is 32.7 Å². The summed E-state index contributed by atoms with van der Waals surface area (Å²) in [6, 6.07) is 0.535. The van der Waals surface area contributed by atoms with Crippen LogP contribution in [0.2, 0.25) is 0 Å². The smallest absolute Gasteiger partial charge is 0.191 e. The molecule has 2 N–H and O–H groups in total. The zero-order chi connectivity index (χ0) is 13.3. The Morgan fingerprint density at radius 1 is 1.21 bits per heavy atom. The molecular weight excluding hydrogens is 236 g/mol. The average molecular weight is 264 g/mol. The van der Waals surface area contributed by atoms with Crippen LogP contribution in [0.15, 0.2) is 17.1 Å². The summed E-state index contributed by atoms with van der Waals surface area (Å²) in [5.41, 5.74) is 0. The van der Waals surface area contributed by atoms with Crippen LogP contribution in [0.25, 0.3) is 0 Å². The molecular formula is C15H28N4. The van der Waals surface area contributed by atoms with Crippen molar-refractivity contribution >= 4 is 5.96 Å². The Morgan fingerprint density at radius 3 is 2.63 bits per heavy atom. The van der Waals surface area contributed by atoms with Gasteiger partial charge in [-0.05, 0) is 45.7 Å². The number of nitrogens with one attached hydrogen (secondary N) is 2. The second-order valence-corrected chi connectivity index (χ2v) is 5.45. The SMILES string of the molecule is CCNC(=NCCN1CCCCC1)NC1CC=CC1. The molecule has 1 saturated heterocycles. The van der Waals surface area contributed by atoms with E-state index in [2.05, 4.69) is 34.6 Å². The van der Waals surface area contributed by atoms with Gasteiger partial charge in [0.25, 0.3) is 0 Å². The van der Waals surface area contributed by atoms with Crippen LogP contribution >= 0.6 is 0 Å². The van der Waals surface area contributed by atoms with Gasteiger partial charge in [-0.1, -0.05) is 18.6 Å². The third kappa shape index (κ3) is 5.23. The summed E-state index contributed by atoms with van der Waals surface area (Å²) in [4.78, 5) is 7.23. The summed E-state index contributed by atoms with van der Waals surface area (Å²) in [7, 11) is 0. The van der Waals surface area contributed by atoms with Crippen molar-refractivity contribution in [1.29, 1.82) is 0 Å². The third-order valence-electron chi connectivity index (χ3n) is 3.83. The van der Waals surface area contributed by atoms with Gasteiger partial charge in [-0.25, -0.2) is 0 Å². The van der Waals surface area contributed by atoms with Crippen molar-refractivity contribution in [1.82, 2.24) is 15.5 Å². The molecule has 0 spiro atoms. The highest BCUT2D eigenvalue weighted by molar-refractivity contribution is 5.80. The van der Waals surface area contributed by atoms with Crippen LogP contribution in [0.1, 0.15) is 39.0 Å². The maximum atomic E-state index is 4.70. The summed E-state index contributed by atoms with van der Waals surface area (Å²) >= 11 is 0. The summed E-state index contributed by atoms with van der Waals surface area (Å²) in [5.74, 6) is 0.980. The minimum Gasteiger partial charge on any atom is -0.357 e. The fourth-order valence-electron chi connectivity index (χ4n) is 2.73. The number of likely N-dealkylation sites (tertiary alicyclic amines) is 1. The number of hydrogen-bond acceptors (Lipinski definition) is 2. The molecule has 0 aromatic heterocycles. The average Bonchev–Trinajstić information content (AvgIpc) is 2.93. The van der Waals surface area contributed by atoms with Crippen LogP contribution < -0.4 is 10.6 Å². The number of piperidine rings is 1. The van der Waals surface area contributed by atoms with Crippen LogP contribution in [-0.2, 0) is 0 Å². The summed E-state index contributed by atoms with van der Waals surface area (Å²) < 4.78 is 0. The van der Waals surface area contributed by atoms with Crippen molar-refractivity contribution in [3.8, 4) is 0 Å². The second kappa shape index (κ2) is 8.20. The van der Waals surface area contributed by atoms with Crippen LogP contribution in [0.4, 0.5) is 0 Å². The molecule has 19 heavy (non-hydrogen) atoms. The Hall–Kier alpha value is -1.03. The van der Waals surface area contributed by atoms with Gasteiger partial charge in [0.2, 0.25) is 0 Å². The maximum absolute atomic E-state index is 4.70. The normalized spacial score (nSPS) is 21.8. The van der Waals surface area contributed by atoms with E-state index >= 15 is 0 Å².